The first-order valence-corrected chi connectivity index (χ1v) is 20.4. The first-order valence-electron chi connectivity index (χ1n) is 20.4. The van der Waals surface area contributed by atoms with Gasteiger partial charge in [0.2, 0.25) is 0 Å². The van der Waals surface area contributed by atoms with E-state index in [-0.39, 0.29) is 18.3 Å². The zero-order valence-electron chi connectivity index (χ0n) is 35.6. The Bertz CT molecular complexity index is 1420. The molecular formula is C46H72N2O6. The Hall–Kier alpha value is -2.78. The lowest BCUT2D eigenvalue weighted by molar-refractivity contribution is -0.350. The number of rotatable bonds is 17. The van der Waals surface area contributed by atoms with Crippen molar-refractivity contribution < 1.29 is 29.5 Å². The second-order valence-corrected chi connectivity index (χ2v) is 20.0. The van der Waals surface area contributed by atoms with Crippen molar-refractivity contribution in [2.45, 2.75) is 187 Å². The van der Waals surface area contributed by atoms with Crippen LogP contribution in [0, 0.1) is 17.3 Å². The molecule has 2 aliphatic heterocycles. The van der Waals surface area contributed by atoms with E-state index in [1.165, 1.54) is 0 Å². The van der Waals surface area contributed by atoms with Crippen molar-refractivity contribution in [3.05, 3.63) is 71.8 Å². The summed E-state index contributed by atoms with van der Waals surface area (Å²) in [6.45, 7) is 26.2. The molecule has 0 radical (unpaired) electrons. The summed E-state index contributed by atoms with van der Waals surface area (Å²) >= 11 is 0. The van der Waals surface area contributed by atoms with Crippen LogP contribution in [0.15, 0.2) is 60.7 Å². The lowest BCUT2D eigenvalue weighted by Gasteiger charge is -2.62. The summed E-state index contributed by atoms with van der Waals surface area (Å²) in [5.74, 6) is -1.66. The van der Waals surface area contributed by atoms with Crippen LogP contribution in [0.1, 0.15) is 165 Å². The summed E-state index contributed by atoms with van der Waals surface area (Å²) in [5.41, 5.74) is -1.77. The van der Waals surface area contributed by atoms with E-state index in [1.54, 1.807) is 0 Å². The maximum absolute atomic E-state index is 14.3. The third-order valence-corrected chi connectivity index (χ3v) is 12.6. The highest BCUT2D eigenvalue weighted by atomic mass is 16.7. The van der Waals surface area contributed by atoms with Gasteiger partial charge >= 0.3 is 11.9 Å². The highest BCUT2D eigenvalue weighted by Crippen LogP contribution is 2.59. The minimum absolute atomic E-state index is 0.100. The molecule has 0 saturated carbocycles. The van der Waals surface area contributed by atoms with Gasteiger partial charge in [-0.1, -0.05) is 86.3 Å². The third-order valence-electron chi connectivity index (χ3n) is 12.6. The largest absolute Gasteiger partial charge is 0.481 e. The minimum atomic E-state index is -0.980. The van der Waals surface area contributed by atoms with Gasteiger partial charge in [-0.25, -0.2) is 0 Å². The van der Waals surface area contributed by atoms with Crippen molar-refractivity contribution in [3.8, 4) is 0 Å². The van der Waals surface area contributed by atoms with Crippen molar-refractivity contribution >= 4 is 11.9 Å². The van der Waals surface area contributed by atoms with Gasteiger partial charge in [-0.05, 0) is 145 Å². The van der Waals surface area contributed by atoms with E-state index < -0.39 is 50.7 Å². The Labute approximate surface area is 326 Å². The molecule has 8 nitrogen and oxygen atoms in total. The second-order valence-electron chi connectivity index (χ2n) is 20.0. The number of carboxylic acids is 2. The van der Waals surface area contributed by atoms with Crippen molar-refractivity contribution in [1.82, 2.24) is 10.1 Å². The van der Waals surface area contributed by atoms with Gasteiger partial charge in [0.15, 0.2) is 0 Å². The lowest BCUT2D eigenvalue weighted by Crippen LogP contribution is -2.67. The molecule has 0 aliphatic carbocycles. The fraction of sp³-hybridized carbons (Fsp3) is 0.696. The molecule has 0 aromatic heterocycles. The van der Waals surface area contributed by atoms with Crippen LogP contribution in [0.3, 0.4) is 0 Å². The maximum Gasteiger partial charge on any atom is 0.310 e. The molecule has 2 N–H and O–H groups in total. The van der Waals surface area contributed by atoms with Crippen LogP contribution in [0.5, 0.6) is 0 Å². The first-order chi connectivity index (χ1) is 24.9. The molecule has 2 aromatic carbocycles. The summed E-state index contributed by atoms with van der Waals surface area (Å²) in [7, 11) is 0. The molecule has 0 amide bonds. The number of benzene rings is 2. The number of unbranched alkanes of at least 4 members (excludes halogenated alkanes) is 4. The van der Waals surface area contributed by atoms with Gasteiger partial charge in [0.25, 0.3) is 0 Å². The van der Waals surface area contributed by atoms with E-state index in [4.69, 9.17) is 14.8 Å². The fourth-order valence-corrected chi connectivity index (χ4v) is 10.4. The fourth-order valence-electron chi connectivity index (χ4n) is 10.4. The van der Waals surface area contributed by atoms with Crippen molar-refractivity contribution in [2.75, 3.05) is 0 Å². The number of hydroxylamine groups is 4. The van der Waals surface area contributed by atoms with Gasteiger partial charge in [-0.15, -0.1) is 0 Å². The Kier molecular flexibility index (Phi) is 13.3. The van der Waals surface area contributed by atoms with E-state index in [1.807, 2.05) is 36.4 Å². The Morgan fingerprint density at radius 3 is 1.26 bits per heavy atom. The first kappa shape index (κ1) is 43.9. The summed E-state index contributed by atoms with van der Waals surface area (Å²) in [5, 5.41) is 25.2. The second kappa shape index (κ2) is 16.4. The Balaban J connectivity index is 1.70. The number of carboxylic acid groups (broad SMARTS) is 2. The molecule has 0 bridgehead atoms. The van der Waals surface area contributed by atoms with Crippen LogP contribution in [0.2, 0.25) is 0 Å². The van der Waals surface area contributed by atoms with Crippen LogP contribution in [-0.2, 0) is 30.5 Å². The highest BCUT2D eigenvalue weighted by Gasteiger charge is 2.62. The molecule has 0 spiro atoms. The monoisotopic (exact) mass is 749 g/mol. The normalized spacial score (nSPS) is 21.2. The number of aliphatic carboxylic acids is 2. The lowest BCUT2D eigenvalue weighted by atomic mass is 9.52. The quantitative estimate of drug-likeness (QED) is 0.154. The summed E-state index contributed by atoms with van der Waals surface area (Å²) in [4.78, 5) is 39.4. The molecule has 2 saturated heterocycles. The molecular weight excluding hydrogens is 677 g/mol. The molecule has 2 aromatic rings. The number of nitrogens with zero attached hydrogens (tertiary/aromatic N) is 2. The average Bonchev–Trinajstić information content (AvgIpc) is 3.06. The molecule has 2 aliphatic rings. The van der Waals surface area contributed by atoms with Gasteiger partial charge in [-0.3, -0.25) is 19.3 Å². The summed E-state index contributed by atoms with van der Waals surface area (Å²) in [6.07, 6.45) is 7.57. The number of carbonyl (C=O) groups is 2. The molecule has 8 heteroatoms. The smallest absolute Gasteiger partial charge is 0.310 e. The number of hydrogen-bond acceptors (Lipinski definition) is 6. The van der Waals surface area contributed by atoms with Crippen LogP contribution < -0.4 is 0 Å². The molecule has 4 rings (SSSR count). The third kappa shape index (κ3) is 9.77. The topological polar surface area (TPSA) is 99.5 Å². The minimum Gasteiger partial charge on any atom is -0.481 e. The molecule has 2 heterocycles. The summed E-state index contributed by atoms with van der Waals surface area (Å²) < 4.78 is 0. The molecule has 0 unspecified atom stereocenters. The van der Waals surface area contributed by atoms with Gasteiger partial charge in [0.1, 0.15) is 11.2 Å². The Morgan fingerprint density at radius 2 is 0.926 bits per heavy atom. The van der Waals surface area contributed by atoms with Crippen LogP contribution in [0.4, 0.5) is 0 Å². The van der Waals surface area contributed by atoms with Crippen molar-refractivity contribution in [2.24, 2.45) is 17.3 Å². The standard InChI is InChI=1S/C46H72N2O6/c1-40(2)30-36(31-41(3,4)47(40)53-44(9,10)34-24-18-16-19-25-34)46(39(51)52,29-23-15-13-14-22-28-38(49)50)37-32-42(5,6)48(43(7,8)33-37)54-45(11,12)35-26-20-17-21-27-35/h16-21,24-27,36-37H,13-15,22-23,28-33H2,1-12H3,(H,49,50)(H,51,52). The number of piperidine rings is 2. The zero-order valence-corrected chi connectivity index (χ0v) is 35.6. The molecule has 54 heavy (non-hydrogen) atoms. The average molecular weight is 749 g/mol. The van der Waals surface area contributed by atoms with Crippen molar-refractivity contribution in [3.63, 3.8) is 0 Å². The predicted molar refractivity (Wildman–Crippen MR) is 217 cm³/mol. The van der Waals surface area contributed by atoms with Gasteiger partial charge in [-0.2, -0.15) is 10.1 Å². The van der Waals surface area contributed by atoms with Crippen LogP contribution in [-0.4, -0.2) is 54.4 Å². The van der Waals surface area contributed by atoms with Crippen molar-refractivity contribution in [1.29, 1.82) is 0 Å². The van der Waals surface area contributed by atoms with Gasteiger partial charge in [0.05, 0.1) is 5.41 Å². The van der Waals surface area contributed by atoms with E-state index in [2.05, 4.69) is 117 Å². The van der Waals surface area contributed by atoms with Gasteiger partial charge < -0.3 is 10.2 Å². The highest BCUT2D eigenvalue weighted by molar-refractivity contribution is 5.76. The maximum atomic E-state index is 14.3. The SMILES string of the molecule is CC(C)(ON1C(C)(C)CC(C(CCCCCCCC(=O)O)(C(=O)O)C2CC(C)(C)N(OC(C)(C)c3ccccc3)C(C)(C)C2)CC1(C)C)c1ccccc1. The van der Waals surface area contributed by atoms with Crippen LogP contribution in [0.25, 0.3) is 0 Å². The van der Waals surface area contributed by atoms with Crippen LogP contribution >= 0.6 is 0 Å². The zero-order chi connectivity index (χ0) is 40.4. The van der Waals surface area contributed by atoms with E-state index in [0.29, 0.717) is 38.5 Å². The van der Waals surface area contributed by atoms with Gasteiger partial charge in [0, 0.05) is 28.6 Å². The van der Waals surface area contributed by atoms with E-state index in [0.717, 1.165) is 36.8 Å². The van der Waals surface area contributed by atoms with E-state index in [9.17, 15) is 14.7 Å². The molecule has 2 fully saturated rings. The summed E-state index contributed by atoms with van der Waals surface area (Å²) in [6, 6.07) is 20.6. The molecule has 0 atom stereocenters. The Morgan fingerprint density at radius 1 is 0.593 bits per heavy atom. The number of hydrogen-bond donors (Lipinski definition) is 2. The van der Waals surface area contributed by atoms with E-state index >= 15 is 0 Å². The molecule has 302 valence electrons. The predicted octanol–water partition coefficient (Wildman–Crippen LogP) is 11.1.